The van der Waals surface area contributed by atoms with Gasteiger partial charge in [0, 0.05) is 0 Å². The van der Waals surface area contributed by atoms with E-state index in [0.29, 0.717) is 0 Å². The summed E-state index contributed by atoms with van der Waals surface area (Å²) in [5.41, 5.74) is 4.71. The number of thiocarbonyl (C=S) groups is 1. The Labute approximate surface area is 158 Å². The van der Waals surface area contributed by atoms with Crippen LogP contribution in [0.25, 0.3) is 0 Å². The van der Waals surface area contributed by atoms with Crippen LogP contribution in [-0.4, -0.2) is 4.32 Å². The monoisotopic (exact) mass is 383 g/mol. The Morgan fingerprint density at radius 2 is 1.05 bits per heavy atom. The molecule has 0 aliphatic heterocycles. The van der Waals surface area contributed by atoms with E-state index in [2.05, 4.69) is 52.5 Å². The van der Waals surface area contributed by atoms with Crippen LogP contribution >= 0.6 is 24.8 Å². The van der Waals surface area contributed by atoms with Gasteiger partial charge in [0.25, 0.3) is 0 Å². The summed E-state index contributed by atoms with van der Waals surface area (Å²) >= 11 is 7.65. The normalized spacial score (nSPS) is 8.62. The maximum Gasteiger partial charge on any atom is 2.00 e. The zero-order valence-electron chi connectivity index (χ0n) is 14.5. The van der Waals surface area contributed by atoms with Crippen molar-refractivity contribution in [2.75, 3.05) is 0 Å². The van der Waals surface area contributed by atoms with Crippen LogP contribution in [0.4, 0.5) is 0 Å². The molecule has 0 radical (unpaired) electrons. The molecule has 0 atom stereocenters. The Morgan fingerprint density at radius 1 is 0.810 bits per heavy atom. The summed E-state index contributed by atoms with van der Waals surface area (Å²) in [6.45, 7) is 12.0. The van der Waals surface area contributed by atoms with Gasteiger partial charge in [0.2, 0.25) is 0 Å². The Balaban J connectivity index is -0.000000107. The van der Waals surface area contributed by atoms with Crippen LogP contribution in [0, 0.1) is 13.8 Å². The second-order valence-corrected chi connectivity index (χ2v) is 6.10. The van der Waals surface area contributed by atoms with Crippen LogP contribution in [0.2, 0.25) is 0 Å². The number of nitrogens with two attached hydrogens (primary N) is 1. The third-order valence-electron chi connectivity index (χ3n) is 2.71. The van der Waals surface area contributed by atoms with Crippen molar-refractivity contribution in [2.24, 2.45) is 5.73 Å². The largest absolute Gasteiger partial charge is 2.00 e. The standard InChI is InChI=1S/2C8H17.CH3NS2.Zn/c2*1-3-5-7-8-6-4-2;2-1(3)4;/h2*1,3-8H2,2H3;(H3,2,3,4);/q2*-1;;+2. The molecular weight excluding hydrogens is 348 g/mol. The van der Waals surface area contributed by atoms with Crippen LogP contribution in [-0.2, 0) is 19.5 Å². The Hall–Kier alpha value is 0.863. The van der Waals surface area contributed by atoms with Crippen molar-refractivity contribution in [3.8, 4) is 0 Å². The Morgan fingerprint density at radius 3 is 1.24 bits per heavy atom. The Kier molecular flexibility index (Phi) is 46.5. The van der Waals surface area contributed by atoms with E-state index in [-0.39, 0.29) is 23.8 Å². The fourth-order valence-electron chi connectivity index (χ4n) is 1.56. The first-order chi connectivity index (χ1) is 9.56. The molecule has 0 aliphatic carbocycles. The molecule has 0 aromatic heterocycles. The average molecular weight is 385 g/mol. The fraction of sp³-hybridized carbons (Fsp3) is 0.824. The summed E-state index contributed by atoms with van der Waals surface area (Å²) < 4.78 is 0.194. The molecule has 0 amide bonds. The van der Waals surface area contributed by atoms with Gasteiger partial charge in [-0.1, -0.05) is 90.3 Å². The van der Waals surface area contributed by atoms with Crippen molar-refractivity contribution in [3.63, 3.8) is 0 Å². The second-order valence-electron chi connectivity index (χ2n) is 4.87. The number of rotatable bonds is 10. The molecule has 0 aromatic rings. The average Bonchev–Trinajstić information content (AvgIpc) is 2.40. The van der Waals surface area contributed by atoms with Gasteiger partial charge in [-0.05, 0) is 0 Å². The molecule has 4 heteroatoms. The molecular formula is C17H37NS2Zn. The summed E-state index contributed by atoms with van der Waals surface area (Å²) in [5.74, 6) is 0. The molecule has 0 heterocycles. The van der Waals surface area contributed by atoms with Gasteiger partial charge in [0.1, 0.15) is 4.32 Å². The summed E-state index contributed by atoms with van der Waals surface area (Å²) in [6.07, 6.45) is 16.0. The van der Waals surface area contributed by atoms with E-state index in [1.54, 1.807) is 0 Å². The minimum atomic E-state index is 0. The molecule has 0 aliphatic rings. The van der Waals surface area contributed by atoms with Gasteiger partial charge in [-0.3, -0.25) is 0 Å². The first-order valence-electron chi connectivity index (χ1n) is 8.13. The smallest absolute Gasteiger partial charge is 0.385 e. The summed E-state index contributed by atoms with van der Waals surface area (Å²) in [7, 11) is 0. The van der Waals surface area contributed by atoms with Crippen LogP contribution in [0.1, 0.15) is 90.9 Å². The molecule has 124 valence electrons. The summed E-state index contributed by atoms with van der Waals surface area (Å²) in [4.78, 5) is 0. The van der Waals surface area contributed by atoms with Crippen molar-refractivity contribution in [2.45, 2.75) is 90.9 Å². The van der Waals surface area contributed by atoms with Crippen molar-refractivity contribution < 1.29 is 19.5 Å². The third kappa shape index (κ3) is 62.9. The Bertz CT molecular complexity index is 139. The van der Waals surface area contributed by atoms with E-state index < -0.39 is 0 Å². The molecule has 0 unspecified atom stereocenters. The van der Waals surface area contributed by atoms with Crippen LogP contribution in [0.5, 0.6) is 0 Å². The molecule has 0 spiro atoms. The third-order valence-corrected chi connectivity index (χ3v) is 2.71. The van der Waals surface area contributed by atoms with Gasteiger partial charge in [-0.15, -0.1) is 12.6 Å². The molecule has 0 saturated heterocycles. The van der Waals surface area contributed by atoms with E-state index in [9.17, 15) is 0 Å². The number of hydrogen-bond donors (Lipinski definition) is 2. The number of unbranched alkanes of at least 4 members (excludes halogenated alkanes) is 10. The number of thiol groups is 1. The first kappa shape index (κ1) is 29.8. The van der Waals surface area contributed by atoms with E-state index in [1.807, 2.05) is 0 Å². The zero-order chi connectivity index (χ0) is 16.1. The van der Waals surface area contributed by atoms with E-state index in [0.717, 1.165) is 12.8 Å². The van der Waals surface area contributed by atoms with Crippen LogP contribution in [0.3, 0.4) is 0 Å². The van der Waals surface area contributed by atoms with Crippen molar-refractivity contribution >= 4 is 29.2 Å². The van der Waals surface area contributed by atoms with Crippen molar-refractivity contribution in [3.05, 3.63) is 13.8 Å². The van der Waals surface area contributed by atoms with E-state index in [1.165, 1.54) is 64.2 Å². The molecule has 0 saturated carbocycles. The van der Waals surface area contributed by atoms with Gasteiger partial charge >= 0.3 is 19.5 Å². The summed E-state index contributed by atoms with van der Waals surface area (Å²) in [6, 6.07) is 0. The minimum absolute atomic E-state index is 0. The van der Waals surface area contributed by atoms with Crippen LogP contribution < -0.4 is 5.73 Å². The maximum absolute atomic E-state index is 4.71. The first-order valence-corrected chi connectivity index (χ1v) is 8.99. The second kappa shape index (κ2) is 32.7. The quantitative estimate of drug-likeness (QED) is 0.147. The molecule has 1 nitrogen and oxygen atoms in total. The van der Waals surface area contributed by atoms with Gasteiger partial charge < -0.3 is 19.6 Å². The predicted molar refractivity (Wildman–Crippen MR) is 103 cm³/mol. The van der Waals surface area contributed by atoms with Gasteiger partial charge in [0.05, 0.1) is 0 Å². The molecule has 0 aromatic carbocycles. The van der Waals surface area contributed by atoms with Gasteiger partial charge in [-0.2, -0.15) is 12.8 Å². The SMILES string of the molecule is NC(=S)S.[CH2-]CCCCCCC.[CH2-]CCCCCCC.[Zn+2]. The van der Waals surface area contributed by atoms with E-state index in [4.69, 9.17) is 5.73 Å². The maximum atomic E-state index is 4.71. The fourth-order valence-corrected chi connectivity index (χ4v) is 1.56. The van der Waals surface area contributed by atoms with E-state index >= 15 is 0 Å². The van der Waals surface area contributed by atoms with Gasteiger partial charge in [-0.25, -0.2) is 0 Å². The molecule has 2 N–H and O–H groups in total. The van der Waals surface area contributed by atoms with Crippen LogP contribution in [0.15, 0.2) is 0 Å². The van der Waals surface area contributed by atoms with Gasteiger partial charge in [0.15, 0.2) is 0 Å². The van der Waals surface area contributed by atoms with Crippen molar-refractivity contribution in [1.82, 2.24) is 0 Å². The molecule has 0 bridgehead atoms. The number of hydrogen-bond acceptors (Lipinski definition) is 1. The minimum Gasteiger partial charge on any atom is -0.385 e. The predicted octanol–water partition coefficient (Wildman–Crippen LogP) is 6.52. The molecule has 0 rings (SSSR count). The topological polar surface area (TPSA) is 26.0 Å². The zero-order valence-corrected chi connectivity index (χ0v) is 19.2. The molecule has 21 heavy (non-hydrogen) atoms. The summed E-state index contributed by atoms with van der Waals surface area (Å²) in [5, 5.41) is 0. The molecule has 0 fully saturated rings. The van der Waals surface area contributed by atoms with Crippen molar-refractivity contribution in [1.29, 1.82) is 0 Å².